The van der Waals surface area contributed by atoms with Gasteiger partial charge in [0.05, 0.1) is 37.0 Å². The number of hydrogen-bond acceptors (Lipinski definition) is 20. The summed E-state index contributed by atoms with van der Waals surface area (Å²) in [5.74, 6) is -16.4. The van der Waals surface area contributed by atoms with Gasteiger partial charge in [-0.05, 0) is 78.9 Å². The number of nitrogens with one attached hydrogen (secondary N) is 10. The molecule has 0 spiro atoms. The molecule has 21 N–H and O–H groups in total. The maximum Gasteiger partial charge on any atom is 0.331 e. The van der Waals surface area contributed by atoms with Crippen LogP contribution in [0.15, 0.2) is 11.8 Å². The summed E-state index contributed by atoms with van der Waals surface area (Å²) in [4.78, 5) is 164. The molecule has 1 aliphatic rings. The average Bonchev–Trinajstić information content (AvgIpc) is 3.65. The molecule has 1 aliphatic heterocycles. The zero-order valence-electron chi connectivity index (χ0n) is 48.9. The first-order chi connectivity index (χ1) is 40.3. The Labute approximate surface area is 499 Å². The van der Waals surface area contributed by atoms with E-state index in [0.29, 0.717) is 12.8 Å². The third-order valence-electron chi connectivity index (χ3n) is 13.3. The predicted octanol–water partition coefficient (Wildman–Crippen LogP) is -5.11. The number of ether oxygens (including phenoxy) is 1. The van der Waals surface area contributed by atoms with Crippen LogP contribution in [0.2, 0.25) is 0 Å². The van der Waals surface area contributed by atoms with Crippen LogP contribution in [0, 0.1) is 0 Å². The second-order valence-corrected chi connectivity index (χ2v) is 20.7. The highest BCUT2D eigenvalue weighted by atomic mass is 35.5. The maximum atomic E-state index is 14.2. The maximum absolute atomic E-state index is 14.2. The number of cyclic esters (lactones) is 1. The number of aliphatic carboxylic acids is 1. The van der Waals surface area contributed by atoms with E-state index in [4.69, 9.17) is 33.5 Å². The Balaban J connectivity index is 4.06. The number of esters is 1. The van der Waals surface area contributed by atoms with Crippen molar-refractivity contribution in [3.8, 4) is 0 Å². The topological polar surface area (TPSA) is 514 Å². The van der Waals surface area contributed by atoms with Crippen molar-refractivity contribution in [2.24, 2.45) is 17.2 Å². The summed E-state index contributed by atoms with van der Waals surface area (Å²) in [6.45, 7) is 4.09. The minimum atomic E-state index is -2.48. The Morgan fingerprint density at radius 2 is 1.15 bits per heavy atom. The molecule has 1 heterocycles. The van der Waals surface area contributed by atoms with E-state index in [1.807, 2.05) is 5.32 Å². The molecule has 32 heteroatoms. The van der Waals surface area contributed by atoms with Crippen molar-refractivity contribution in [2.45, 2.75) is 210 Å². The van der Waals surface area contributed by atoms with Crippen LogP contribution < -0.4 is 70.4 Å². The first kappa shape index (κ1) is 76.4. The smallest absolute Gasteiger partial charge is 0.331 e. The molecular formula is C53H92ClN13O18. The third kappa shape index (κ3) is 28.9. The molecule has 0 radical (unpaired) electrons. The number of aliphatic hydroxyl groups excluding tert-OH is 4. The lowest BCUT2D eigenvalue weighted by Crippen LogP contribution is -2.63. The number of nitrogens with two attached hydrogens (primary N) is 3. The van der Waals surface area contributed by atoms with Gasteiger partial charge in [0.15, 0.2) is 12.1 Å². The van der Waals surface area contributed by atoms with Crippen LogP contribution in [0.4, 0.5) is 0 Å². The molecule has 0 aromatic rings. The van der Waals surface area contributed by atoms with Gasteiger partial charge in [0.1, 0.15) is 54.6 Å². The number of hydrogen-bond donors (Lipinski definition) is 18. The molecule has 0 saturated carbocycles. The summed E-state index contributed by atoms with van der Waals surface area (Å²) in [5, 5.41) is 75.9. The van der Waals surface area contributed by atoms with Crippen LogP contribution in [-0.2, 0) is 62.3 Å². The molecule has 1 fully saturated rings. The molecule has 1 saturated heterocycles. The Kier molecular flexibility index (Phi) is 38.0. The lowest BCUT2D eigenvalue weighted by molar-refractivity contribution is -0.154. The van der Waals surface area contributed by atoms with Gasteiger partial charge in [-0.3, -0.25) is 52.7 Å². The van der Waals surface area contributed by atoms with E-state index >= 15 is 0 Å². The summed E-state index contributed by atoms with van der Waals surface area (Å²) < 4.78 is 5.35. The fourth-order valence-electron chi connectivity index (χ4n) is 8.51. The van der Waals surface area contributed by atoms with Gasteiger partial charge in [-0.2, -0.15) is 0 Å². The van der Waals surface area contributed by atoms with E-state index in [-0.39, 0.29) is 51.9 Å². The Bertz CT molecular complexity index is 2230. The first-order valence-corrected chi connectivity index (χ1v) is 29.3. The molecule has 484 valence electrons. The number of alkyl halides is 1. The highest BCUT2D eigenvalue weighted by Crippen LogP contribution is 2.14. The van der Waals surface area contributed by atoms with E-state index in [2.05, 4.69) is 54.8 Å². The van der Waals surface area contributed by atoms with E-state index in [9.17, 15) is 83.1 Å². The summed E-state index contributed by atoms with van der Waals surface area (Å²) in [6, 6.07) is -15.5. The zero-order chi connectivity index (χ0) is 64.2. The number of halogens is 1. The Morgan fingerprint density at radius 3 is 1.67 bits per heavy atom. The van der Waals surface area contributed by atoms with Gasteiger partial charge in [-0.1, -0.05) is 70.8 Å². The third-order valence-corrected chi connectivity index (χ3v) is 13.6. The van der Waals surface area contributed by atoms with Crippen molar-refractivity contribution >= 4 is 82.6 Å². The number of aliphatic hydroxyl groups is 4. The number of carboxylic acid groups (broad SMARTS) is 1. The molecule has 85 heavy (non-hydrogen) atoms. The van der Waals surface area contributed by atoms with E-state index in [0.717, 1.165) is 64.4 Å². The standard InChI is InChI=1S/C53H92ClN13O18/c1-5-8-9-10-11-12-13-14-15-18-30(69)25-38(71)59-36-28-85-53(84)41(37(70)27-54)66-51(82)42(43(74)52(83)58-7-3)67-44(75)31(6-2)60-50(81)40(29(4)68)65-47(78)34(21-24-57)62-45(76)32(19-16-17-22-55)61-48(79)35(26-39(72)73)64-46(77)33(20-23-56)63-49(36)80/h6,29-30,32-37,40-43,68-70,74H,5,7-28,55-57H2,1-4H3,(H,58,83)(H,59,71)(H,60,81)(H,61,79)(H,62,76)(H,63,80)(H,64,77)(H,65,78)(H,66,82)(H,67,75)(H,72,73)/b31-6+/t29-,30-,32+,33-,34+,35+,36+,37-,40+,41+,42+,43+/m1/s1. The Hall–Kier alpha value is -6.61. The fraction of sp³-hybridized carbons (Fsp3) is 0.736. The van der Waals surface area contributed by atoms with Gasteiger partial charge in [-0.25, -0.2) is 4.79 Å². The van der Waals surface area contributed by atoms with Gasteiger partial charge >= 0.3 is 11.9 Å². The number of rotatable bonds is 29. The van der Waals surface area contributed by atoms with Crippen LogP contribution >= 0.6 is 11.6 Å². The molecule has 0 aromatic carbocycles. The van der Waals surface area contributed by atoms with Crippen molar-refractivity contribution in [1.29, 1.82) is 0 Å². The van der Waals surface area contributed by atoms with E-state index in [1.54, 1.807) is 0 Å². The quantitative estimate of drug-likeness (QED) is 0.0144. The molecule has 0 aromatic heterocycles. The number of carbonyl (C=O) groups is 12. The van der Waals surface area contributed by atoms with Crippen molar-refractivity contribution in [3.63, 3.8) is 0 Å². The van der Waals surface area contributed by atoms with Crippen LogP contribution in [0.3, 0.4) is 0 Å². The molecule has 1 rings (SSSR count). The minimum Gasteiger partial charge on any atom is -0.481 e. The van der Waals surface area contributed by atoms with Crippen molar-refractivity contribution < 1.29 is 87.8 Å². The molecule has 31 nitrogen and oxygen atoms in total. The number of allylic oxidation sites excluding steroid dienone is 1. The van der Waals surface area contributed by atoms with Crippen LogP contribution in [0.1, 0.15) is 137 Å². The SMILES string of the molecule is C/C=C1/NC(=O)[C@H]([C@@H](C)O)NC(=O)[C@H](CCN)NC(=O)[C@H](CCCCN)NC(=O)[C@H](CC(=O)O)NC(=O)[C@@H](CCN)NC(=O)[C@@H](NC(=O)C[C@H](O)CCCCCCCCCCC)COC(=O)[C@H]([C@H](O)CCl)NC(=O)[C@H]([C@H](O)C(=O)NCC)NC1=O. The largest absolute Gasteiger partial charge is 0.481 e. The summed E-state index contributed by atoms with van der Waals surface area (Å²) in [6.07, 6.45) is 0.299. The van der Waals surface area contributed by atoms with Gasteiger partial charge in [0.2, 0.25) is 47.3 Å². The highest BCUT2D eigenvalue weighted by molar-refractivity contribution is 6.18. The first-order valence-electron chi connectivity index (χ1n) is 28.8. The minimum absolute atomic E-state index is 0.116. The average molecular weight is 1230 g/mol. The molecule has 10 amide bonds. The monoisotopic (exact) mass is 1230 g/mol. The van der Waals surface area contributed by atoms with Gasteiger partial charge < -0.3 is 101 Å². The number of likely N-dealkylation sites (N-methyl/N-ethyl adjacent to an activating group) is 1. The molecular weight excluding hydrogens is 1140 g/mol. The number of carbonyl (C=O) groups excluding carboxylic acids is 11. The second kappa shape index (κ2) is 42.2. The van der Waals surface area contributed by atoms with Gasteiger partial charge in [0, 0.05) is 6.54 Å². The number of amides is 10. The number of unbranched alkanes of at least 4 members (excludes halogenated alkanes) is 9. The van der Waals surface area contributed by atoms with E-state index in [1.165, 1.54) is 13.8 Å². The Morgan fingerprint density at radius 1 is 0.635 bits per heavy atom. The number of carboxylic acids is 1. The molecule has 0 unspecified atom stereocenters. The lowest BCUT2D eigenvalue weighted by atomic mass is 10.0. The van der Waals surface area contributed by atoms with Crippen molar-refractivity contribution in [2.75, 3.05) is 38.7 Å². The van der Waals surface area contributed by atoms with Crippen molar-refractivity contribution in [3.05, 3.63) is 11.8 Å². The summed E-state index contributed by atoms with van der Waals surface area (Å²) >= 11 is 5.93. The normalized spacial score (nSPS) is 24.2. The van der Waals surface area contributed by atoms with Crippen molar-refractivity contribution in [1.82, 2.24) is 53.2 Å². The molecule has 0 aliphatic carbocycles. The van der Waals surface area contributed by atoms with Gasteiger partial charge in [0.25, 0.3) is 11.8 Å². The lowest BCUT2D eigenvalue weighted by Gasteiger charge is -2.29. The zero-order valence-corrected chi connectivity index (χ0v) is 49.7. The van der Waals surface area contributed by atoms with Crippen LogP contribution in [0.5, 0.6) is 0 Å². The summed E-state index contributed by atoms with van der Waals surface area (Å²) in [5.41, 5.74) is 16.6. The van der Waals surface area contributed by atoms with E-state index < -0.39 is 181 Å². The molecule has 12 atom stereocenters. The van der Waals surface area contributed by atoms with Gasteiger partial charge in [-0.15, -0.1) is 11.6 Å². The predicted molar refractivity (Wildman–Crippen MR) is 306 cm³/mol. The molecule has 0 bridgehead atoms. The van der Waals surface area contributed by atoms with Crippen LogP contribution in [0.25, 0.3) is 0 Å². The van der Waals surface area contributed by atoms with Crippen LogP contribution in [-0.4, -0.2) is 208 Å². The highest BCUT2D eigenvalue weighted by Gasteiger charge is 2.41. The summed E-state index contributed by atoms with van der Waals surface area (Å²) in [7, 11) is 0. The fourth-order valence-corrected chi connectivity index (χ4v) is 8.69. The second-order valence-electron chi connectivity index (χ2n) is 20.4.